The third-order valence-corrected chi connectivity index (χ3v) is 4.72. The van der Waals surface area contributed by atoms with Crippen LogP contribution in [0.25, 0.3) is 0 Å². The van der Waals surface area contributed by atoms with E-state index in [0.717, 1.165) is 6.54 Å². The number of aliphatic hydroxyl groups is 1. The summed E-state index contributed by atoms with van der Waals surface area (Å²) in [5, 5.41) is 9.78. The van der Waals surface area contributed by atoms with E-state index < -0.39 is 16.1 Å². The Hall–Kier alpha value is -0.950. The van der Waals surface area contributed by atoms with Crippen LogP contribution >= 0.6 is 0 Å². The predicted octanol–water partition coefficient (Wildman–Crippen LogP) is 1.36. The summed E-state index contributed by atoms with van der Waals surface area (Å²) in [5.74, 6) is 0. The Bertz CT molecular complexity index is 517. The third kappa shape index (κ3) is 4.86. The molecular formula is C14H24N2O3S. The number of hydrogen-bond donors (Lipinski definition) is 2. The van der Waals surface area contributed by atoms with Gasteiger partial charge in [-0.05, 0) is 37.7 Å². The molecule has 5 nitrogen and oxygen atoms in total. The fourth-order valence-corrected chi connectivity index (χ4v) is 2.81. The average molecular weight is 300 g/mol. The van der Waals surface area contributed by atoms with Crippen molar-refractivity contribution in [3.63, 3.8) is 0 Å². The third-order valence-electron chi connectivity index (χ3n) is 3.27. The number of sulfonamides is 1. The van der Waals surface area contributed by atoms with Crippen molar-refractivity contribution in [3.8, 4) is 0 Å². The molecule has 0 radical (unpaired) electrons. The highest BCUT2D eigenvalue weighted by atomic mass is 32.2. The van der Waals surface area contributed by atoms with Crippen LogP contribution < -0.4 is 4.72 Å². The number of hydrogen-bond acceptors (Lipinski definition) is 4. The second-order valence-electron chi connectivity index (χ2n) is 4.79. The molecule has 0 aliphatic rings. The second kappa shape index (κ2) is 7.73. The van der Waals surface area contributed by atoms with E-state index in [2.05, 4.69) is 4.72 Å². The maximum absolute atomic E-state index is 12.2. The molecule has 0 bridgehead atoms. The Morgan fingerprint density at radius 3 is 2.65 bits per heavy atom. The van der Waals surface area contributed by atoms with Gasteiger partial charge in [0, 0.05) is 13.1 Å². The normalized spacial score (nSPS) is 13.7. The van der Waals surface area contributed by atoms with Gasteiger partial charge in [-0.25, -0.2) is 13.1 Å². The lowest BCUT2D eigenvalue weighted by molar-refractivity contribution is 0.173. The summed E-state index contributed by atoms with van der Waals surface area (Å²) >= 11 is 0. The summed E-state index contributed by atoms with van der Waals surface area (Å²) < 4.78 is 26.9. The standard InChI is InChI=1S/C14H24N2O3S/c1-4-14(17)12-7-6-8-13(11-12)20(18,19)15-9-10-16(3)5-2/h6-8,11,14-15,17H,4-5,9-10H2,1-3H3. The highest BCUT2D eigenvalue weighted by Crippen LogP contribution is 2.19. The molecule has 114 valence electrons. The van der Waals surface area contributed by atoms with E-state index in [0.29, 0.717) is 25.1 Å². The lowest BCUT2D eigenvalue weighted by atomic mass is 10.1. The molecule has 0 fully saturated rings. The molecule has 0 aliphatic carbocycles. The van der Waals surface area contributed by atoms with Crippen molar-refractivity contribution in [1.29, 1.82) is 0 Å². The minimum atomic E-state index is -3.52. The largest absolute Gasteiger partial charge is 0.388 e. The van der Waals surface area contributed by atoms with Crippen molar-refractivity contribution in [2.45, 2.75) is 31.3 Å². The quantitative estimate of drug-likeness (QED) is 0.760. The fourth-order valence-electron chi connectivity index (χ4n) is 1.74. The Balaban J connectivity index is 2.77. The van der Waals surface area contributed by atoms with Gasteiger partial charge in [-0.15, -0.1) is 0 Å². The first-order valence-electron chi connectivity index (χ1n) is 6.87. The smallest absolute Gasteiger partial charge is 0.240 e. The van der Waals surface area contributed by atoms with Gasteiger partial charge in [-0.1, -0.05) is 26.0 Å². The van der Waals surface area contributed by atoms with Crippen LogP contribution in [0.2, 0.25) is 0 Å². The van der Waals surface area contributed by atoms with E-state index >= 15 is 0 Å². The van der Waals surface area contributed by atoms with Crippen LogP contribution in [0.5, 0.6) is 0 Å². The fraction of sp³-hybridized carbons (Fsp3) is 0.571. The first-order chi connectivity index (χ1) is 9.40. The molecule has 0 heterocycles. The molecule has 0 aliphatic heterocycles. The molecule has 1 aromatic rings. The van der Waals surface area contributed by atoms with Crippen LogP contribution in [0.15, 0.2) is 29.2 Å². The Morgan fingerprint density at radius 2 is 2.05 bits per heavy atom. The second-order valence-corrected chi connectivity index (χ2v) is 6.56. The van der Waals surface area contributed by atoms with Gasteiger partial charge in [-0.2, -0.15) is 0 Å². The SMILES string of the molecule is CCC(O)c1cccc(S(=O)(=O)NCCN(C)CC)c1. The molecule has 0 spiro atoms. The predicted molar refractivity (Wildman–Crippen MR) is 80.1 cm³/mol. The summed E-state index contributed by atoms with van der Waals surface area (Å²) in [4.78, 5) is 2.22. The van der Waals surface area contributed by atoms with Crippen molar-refractivity contribution in [2.75, 3.05) is 26.7 Å². The summed E-state index contributed by atoms with van der Waals surface area (Å²) in [6, 6.07) is 6.46. The molecular weight excluding hydrogens is 276 g/mol. The van der Waals surface area contributed by atoms with E-state index in [1.54, 1.807) is 12.1 Å². The number of benzene rings is 1. The molecule has 0 saturated heterocycles. The Kier molecular flexibility index (Phi) is 6.61. The van der Waals surface area contributed by atoms with Gasteiger partial charge in [0.05, 0.1) is 11.0 Å². The lowest BCUT2D eigenvalue weighted by Crippen LogP contribution is -2.32. The zero-order chi connectivity index (χ0) is 15.2. The minimum absolute atomic E-state index is 0.196. The highest BCUT2D eigenvalue weighted by Gasteiger charge is 2.15. The van der Waals surface area contributed by atoms with Crippen LogP contribution in [0.3, 0.4) is 0 Å². The molecule has 1 atom stereocenters. The zero-order valence-corrected chi connectivity index (χ0v) is 13.2. The molecule has 6 heteroatoms. The molecule has 0 aromatic heterocycles. The number of nitrogens with zero attached hydrogens (tertiary/aromatic N) is 1. The molecule has 1 aromatic carbocycles. The zero-order valence-electron chi connectivity index (χ0n) is 12.3. The van der Waals surface area contributed by atoms with Gasteiger partial charge in [0.25, 0.3) is 0 Å². The van der Waals surface area contributed by atoms with E-state index in [1.165, 1.54) is 12.1 Å². The minimum Gasteiger partial charge on any atom is -0.388 e. The van der Waals surface area contributed by atoms with E-state index in [-0.39, 0.29) is 4.90 Å². The summed E-state index contributed by atoms with van der Waals surface area (Å²) in [6.07, 6.45) is -0.0746. The summed E-state index contributed by atoms with van der Waals surface area (Å²) in [6.45, 7) is 5.77. The van der Waals surface area contributed by atoms with E-state index in [9.17, 15) is 13.5 Å². The van der Waals surface area contributed by atoms with Gasteiger partial charge < -0.3 is 10.0 Å². The van der Waals surface area contributed by atoms with Crippen LogP contribution in [-0.4, -0.2) is 45.1 Å². The molecule has 2 N–H and O–H groups in total. The van der Waals surface area contributed by atoms with Crippen LogP contribution in [-0.2, 0) is 10.0 Å². The van der Waals surface area contributed by atoms with Gasteiger partial charge in [0.15, 0.2) is 0 Å². The number of rotatable bonds is 8. The van der Waals surface area contributed by atoms with Crippen molar-refractivity contribution >= 4 is 10.0 Å². The van der Waals surface area contributed by atoms with Gasteiger partial charge in [0.2, 0.25) is 10.0 Å². The highest BCUT2D eigenvalue weighted by molar-refractivity contribution is 7.89. The topological polar surface area (TPSA) is 69.6 Å². The lowest BCUT2D eigenvalue weighted by Gasteiger charge is -2.15. The van der Waals surface area contributed by atoms with Gasteiger partial charge in [-0.3, -0.25) is 0 Å². The van der Waals surface area contributed by atoms with Crippen LogP contribution in [0.4, 0.5) is 0 Å². The number of nitrogens with one attached hydrogen (secondary N) is 1. The summed E-state index contributed by atoms with van der Waals surface area (Å²) in [5.41, 5.74) is 0.626. The van der Waals surface area contributed by atoms with Crippen LogP contribution in [0, 0.1) is 0 Å². The van der Waals surface area contributed by atoms with Gasteiger partial charge >= 0.3 is 0 Å². The maximum Gasteiger partial charge on any atom is 0.240 e. The Morgan fingerprint density at radius 1 is 1.35 bits per heavy atom. The van der Waals surface area contributed by atoms with Crippen molar-refractivity contribution in [1.82, 2.24) is 9.62 Å². The molecule has 1 rings (SSSR count). The number of aliphatic hydroxyl groups excluding tert-OH is 1. The van der Waals surface area contributed by atoms with Crippen molar-refractivity contribution in [2.24, 2.45) is 0 Å². The van der Waals surface area contributed by atoms with Crippen molar-refractivity contribution < 1.29 is 13.5 Å². The molecule has 0 saturated carbocycles. The van der Waals surface area contributed by atoms with Crippen molar-refractivity contribution in [3.05, 3.63) is 29.8 Å². The van der Waals surface area contributed by atoms with E-state index in [4.69, 9.17) is 0 Å². The molecule has 1 unspecified atom stereocenters. The molecule has 0 amide bonds. The van der Waals surface area contributed by atoms with E-state index in [1.807, 2.05) is 25.8 Å². The Labute approximate surface area is 121 Å². The number of likely N-dealkylation sites (N-methyl/N-ethyl adjacent to an activating group) is 1. The van der Waals surface area contributed by atoms with Crippen LogP contribution in [0.1, 0.15) is 31.9 Å². The average Bonchev–Trinajstić information content (AvgIpc) is 2.46. The summed E-state index contributed by atoms with van der Waals surface area (Å²) in [7, 11) is -1.58. The molecule has 20 heavy (non-hydrogen) atoms. The first-order valence-corrected chi connectivity index (χ1v) is 8.35. The first kappa shape index (κ1) is 17.1. The van der Waals surface area contributed by atoms with Gasteiger partial charge in [0.1, 0.15) is 0 Å². The monoisotopic (exact) mass is 300 g/mol. The maximum atomic E-state index is 12.2.